The van der Waals surface area contributed by atoms with Crippen LogP contribution < -0.4 is 10.2 Å². The van der Waals surface area contributed by atoms with Crippen LogP contribution in [0.15, 0.2) is 67.0 Å². The van der Waals surface area contributed by atoms with Gasteiger partial charge in [-0.1, -0.05) is 48.0 Å². The molecule has 5 heteroatoms. The molecule has 4 nitrogen and oxygen atoms in total. The van der Waals surface area contributed by atoms with Gasteiger partial charge in [0.15, 0.2) is 0 Å². The van der Waals surface area contributed by atoms with Crippen molar-refractivity contribution < 1.29 is 4.79 Å². The predicted molar refractivity (Wildman–Crippen MR) is 126 cm³/mol. The van der Waals surface area contributed by atoms with Crippen molar-refractivity contribution in [1.82, 2.24) is 10.3 Å². The summed E-state index contributed by atoms with van der Waals surface area (Å²) in [5.41, 5.74) is 5.62. The highest BCUT2D eigenvalue weighted by Gasteiger charge is 2.30. The Labute approximate surface area is 187 Å². The van der Waals surface area contributed by atoms with E-state index in [9.17, 15) is 4.79 Å². The molecule has 1 N–H and O–H groups in total. The van der Waals surface area contributed by atoms with E-state index in [1.165, 1.54) is 12.8 Å². The number of carbonyl (C=O) groups is 1. The fraction of sp³-hybridized carbons (Fsp3) is 0.231. The molecule has 1 saturated heterocycles. The van der Waals surface area contributed by atoms with Gasteiger partial charge in [-0.15, -0.1) is 0 Å². The monoisotopic (exact) mass is 429 g/mol. The van der Waals surface area contributed by atoms with E-state index in [0.29, 0.717) is 23.0 Å². The molecule has 0 radical (unpaired) electrons. The fourth-order valence-corrected chi connectivity index (χ4v) is 4.64. The van der Waals surface area contributed by atoms with Crippen molar-refractivity contribution in [2.75, 3.05) is 18.0 Å². The maximum absolute atomic E-state index is 13.0. The fourth-order valence-electron chi connectivity index (χ4n) is 4.37. The molecule has 2 aliphatic heterocycles. The van der Waals surface area contributed by atoms with Crippen LogP contribution in [-0.2, 0) is 6.54 Å². The van der Waals surface area contributed by atoms with Crippen LogP contribution in [0.25, 0.3) is 17.2 Å². The number of aromatic nitrogens is 1. The van der Waals surface area contributed by atoms with Gasteiger partial charge in [0.1, 0.15) is 0 Å². The second-order valence-corrected chi connectivity index (χ2v) is 8.58. The summed E-state index contributed by atoms with van der Waals surface area (Å²) >= 11 is 6.28. The normalized spacial score (nSPS) is 16.8. The van der Waals surface area contributed by atoms with Gasteiger partial charge >= 0.3 is 0 Å². The van der Waals surface area contributed by atoms with E-state index in [2.05, 4.69) is 40.7 Å². The molecular formula is C26H24ClN3O. The number of hydrogen-bond donors (Lipinski definition) is 1. The van der Waals surface area contributed by atoms with Crippen LogP contribution in [0.2, 0.25) is 5.02 Å². The number of carbonyl (C=O) groups excluding carboxylic acids is 1. The zero-order chi connectivity index (χ0) is 21.2. The summed E-state index contributed by atoms with van der Waals surface area (Å²) in [5, 5.41) is 3.91. The van der Waals surface area contributed by atoms with Gasteiger partial charge in [0, 0.05) is 23.6 Å². The molecule has 1 aromatic heterocycles. The van der Waals surface area contributed by atoms with E-state index >= 15 is 0 Å². The number of amides is 1. The van der Waals surface area contributed by atoms with Gasteiger partial charge < -0.3 is 10.2 Å². The number of pyridine rings is 1. The van der Waals surface area contributed by atoms with Crippen LogP contribution >= 0.6 is 11.6 Å². The number of allylic oxidation sites excluding steroid dienone is 1. The first-order chi connectivity index (χ1) is 15.2. The van der Waals surface area contributed by atoms with Crippen LogP contribution in [0.4, 0.5) is 5.69 Å². The Morgan fingerprint density at radius 2 is 1.87 bits per heavy atom. The molecule has 2 aliphatic rings. The second-order valence-electron chi connectivity index (χ2n) is 8.17. The van der Waals surface area contributed by atoms with Gasteiger partial charge in [-0.25, -0.2) is 0 Å². The largest absolute Gasteiger partial charge is 0.317 e. The number of halogens is 1. The van der Waals surface area contributed by atoms with Crippen LogP contribution in [-0.4, -0.2) is 24.0 Å². The Balaban J connectivity index is 1.39. The average molecular weight is 430 g/mol. The zero-order valence-corrected chi connectivity index (χ0v) is 18.0. The maximum Gasteiger partial charge on any atom is 0.260 e. The van der Waals surface area contributed by atoms with Crippen LogP contribution in [0.5, 0.6) is 0 Å². The topological polar surface area (TPSA) is 45.2 Å². The number of benzene rings is 2. The standard InChI is InChI=1S/C26H24ClN3O/c27-24-6-2-4-21-17-30(26(31)25(21)24)23-5-1-3-20(14-23)22-13-19(15-29-16-22)8-7-18-9-11-28-12-10-18/h1-8,13-16,18,28H,9-12,17H2/b8-7+. The summed E-state index contributed by atoms with van der Waals surface area (Å²) < 4.78 is 0. The first-order valence-electron chi connectivity index (χ1n) is 10.7. The SMILES string of the molecule is O=C1c2c(Cl)cccc2CN1c1cccc(-c2cncc(/C=C/C3CCNCC3)c2)c1. The number of nitrogens with one attached hydrogen (secondary N) is 1. The summed E-state index contributed by atoms with van der Waals surface area (Å²) in [7, 11) is 0. The van der Waals surface area contributed by atoms with Gasteiger partial charge in [-0.05, 0) is 72.8 Å². The highest BCUT2D eigenvalue weighted by atomic mass is 35.5. The minimum absolute atomic E-state index is 0.0467. The quantitative estimate of drug-likeness (QED) is 0.589. The molecule has 3 heterocycles. The van der Waals surface area contributed by atoms with Crippen LogP contribution in [0.1, 0.15) is 34.3 Å². The smallest absolute Gasteiger partial charge is 0.260 e. The molecule has 3 aromatic rings. The van der Waals surface area contributed by atoms with Crippen molar-refractivity contribution >= 4 is 29.3 Å². The van der Waals surface area contributed by atoms with Crippen molar-refractivity contribution in [3.05, 3.63) is 88.7 Å². The van der Waals surface area contributed by atoms with Crippen molar-refractivity contribution in [3.63, 3.8) is 0 Å². The summed E-state index contributed by atoms with van der Waals surface area (Å²) in [6.45, 7) is 2.71. The Bertz CT molecular complexity index is 1150. The molecule has 31 heavy (non-hydrogen) atoms. The average Bonchev–Trinajstić information content (AvgIpc) is 3.16. The summed E-state index contributed by atoms with van der Waals surface area (Å²) in [5.74, 6) is 0.581. The van der Waals surface area contributed by atoms with Crippen molar-refractivity contribution in [2.24, 2.45) is 5.92 Å². The predicted octanol–water partition coefficient (Wildman–Crippen LogP) is 5.58. The first kappa shape index (κ1) is 20.0. The third-order valence-electron chi connectivity index (χ3n) is 6.08. The molecule has 0 spiro atoms. The van der Waals surface area contributed by atoms with Crippen molar-refractivity contribution in [2.45, 2.75) is 19.4 Å². The highest BCUT2D eigenvalue weighted by Crippen LogP contribution is 2.34. The Hall–Kier alpha value is -2.95. The van der Waals surface area contributed by atoms with E-state index in [1.807, 2.05) is 36.7 Å². The van der Waals surface area contributed by atoms with E-state index in [-0.39, 0.29) is 5.91 Å². The third-order valence-corrected chi connectivity index (χ3v) is 6.40. The molecule has 0 aliphatic carbocycles. The molecule has 156 valence electrons. The number of hydrogen-bond acceptors (Lipinski definition) is 3. The molecule has 1 amide bonds. The lowest BCUT2D eigenvalue weighted by molar-refractivity contribution is 0.0997. The number of nitrogens with zero attached hydrogens (tertiary/aromatic N) is 2. The molecular weight excluding hydrogens is 406 g/mol. The number of rotatable bonds is 4. The van der Waals surface area contributed by atoms with Gasteiger partial charge in [0.25, 0.3) is 5.91 Å². The third kappa shape index (κ3) is 4.14. The Morgan fingerprint density at radius 3 is 2.71 bits per heavy atom. The summed E-state index contributed by atoms with van der Waals surface area (Å²) in [6.07, 6.45) is 10.6. The van der Waals surface area contributed by atoms with Gasteiger partial charge in [-0.2, -0.15) is 0 Å². The number of fused-ring (bicyclic) bond motifs is 1. The highest BCUT2D eigenvalue weighted by molar-refractivity contribution is 6.35. The van der Waals surface area contributed by atoms with Crippen molar-refractivity contribution in [3.8, 4) is 11.1 Å². The molecule has 0 saturated carbocycles. The van der Waals surface area contributed by atoms with E-state index in [1.54, 1.807) is 11.0 Å². The molecule has 2 aromatic carbocycles. The lowest BCUT2D eigenvalue weighted by atomic mass is 9.97. The molecule has 0 unspecified atom stereocenters. The van der Waals surface area contributed by atoms with Crippen molar-refractivity contribution in [1.29, 1.82) is 0 Å². The van der Waals surface area contributed by atoms with E-state index in [0.717, 1.165) is 41.0 Å². The molecule has 1 fully saturated rings. The Kier molecular flexibility index (Phi) is 5.58. The number of piperidine rings is 1. The summed E-state index contributed by atoms with van der Waals surface area (Å²) in [6, 6.07) is 15.8. The minimum atomic E-state index is -0.0467. The van der Waals surface area contributed by atoms with Crippen LogP contribution in [0, 0.1) is 5.92 Å². The van der Waals surface area contributed by atoms with Gasteiger partial charge in [-0.3, -0.25) is 9.78 Å². The lowest BCUT2D eigenvalue weighted by Crippen LogP contribution is -2.26. The summed E-state index contributed by atoms with van der Waals surface area (Å²) in [4.78, 5) is 19.2. The second kappa shape index (κ2) is 8.66. The van der Waals surface area contributed by atoms with Gasteiger partial charge in [0.2, 0.25) is 0 Å². The zero-order valence-electron chi connectivity index (χ0n) is 17.2. The molecule has 0 bridgehead atoms. The minimum Gasteiger partial charge on any atom is -0.317 e. The van der Waals surface area contributed by atoms with E-state index < -0.39 is 0 Å². The van der Waals surface area contributed by atoms with E-state index in [4.69, 9.17) is 11.6 Å². The lowest BCUT2D eigenvalue weighted by Gasteiger charge is -2.19. The first-order valence-corrected chi connectivity index (χ1v) is 11.1. The maximum atomic E-state index is 13.0. The number of anilines is 1. The van der Waals surface area contributed by atoms with Gasteiger partial charge in [0.05, 0.1) is 17.1 Å². The van der Waals surface area contributed by atoms with Crippen LogP contribution in [0.3, 0.4) is 0 Å². The molecule has 5 rings (SSSR count). The molecule has 0 atom stereocenters. The Morgan fingerprint density at radius 1 is 1.03 bits per heavy atom.